The predicted molar refractivity (Wildman–Crippen MR) is 135 cm³/mol. The van der Waals surface area contributed by atoms with E-state index in [1.165, 1.54) is 48.5 Å². The number of thiophene rings is 1. The fourth-order valence-corrected chi connectivity index (χ4v) is 5.10. The van der Waals surface area contributed by atoms with Crippen molar-refractivity contribution >= 4 is 34.3 Å². The van der Waals surface area contributed by atoms with Crippen LogP contribution in [0.2, 0.25) is 0 Å². The van der Waals surface area contributed by atoms with Gasteiger partial charge in [-0.25, -0.2) is 4.79 Å². The number of anilines is 1. The van der Waals surface area contributed by atoms with Gasteiger partial charge in [0.1, 0.15) is 22.1 Å². The Labute approximate surface area is 203 Å². The molecule has 0 fully saturated rings. The molecule has 0 saturated carbocycles. The summed E-state index contributed by atoms with van der Waals surface area (Å²) >= 11 is 1.31. The zero-order valence-corrected chi connectivity index (χ0v) is 20.3. The van der Waals surface area contributed by atoms with Crippen LogP contribution in [0.1, 0.15) is 39.9 Å². The topological polar surface area (TPSA) is 73.9 Å². The first kappa shape index (κ1) is 23.6. The zero-order valence-electron chi connectivity index (χ0n) is 19.5. The third-order valence-electron chi connectivity index (χ3n) is 5.93. The molecule has 176 valence electrons. The Morgan fingerprint density at radius 3 is 2.50 bits per heavy atom. The van der Waals surface area contributed by atoms with E-state index in [2.05, 4.69) is 17.4 Å². The van der Waals surface area contributed by atoms with E-state index in [1.54, 1.807) is 38.5 Å². The number of aryl methyl sites for hydroxylation is 2. The van der Waals surface area contributed by atoms with Crippen molar-refractivity contribution in [3.05, 3.63) is 70.1 Å². The van der Waals surface area contributed by atoms with E-state index < -0.39 is 5.97 Å². The molecule has 1 N–H and O–H groups in total. The minimum absolute atomic E-state index is 0.359. The lowest BCUT2D eigenvalue weighted by molar-refractivity contribution is -0.111. The Kier molecular flexibility index (Phi) is 7.33. The molecule has 4 rings (SSSR count). The molecule has 1 aromatic heterocycles. The number of rotatable bonds is 7. The lowest BCUT2D eigenvalue weighted by Crippen LogP contribution is -2.11. The van der Waals surface area contributed by atoms with Crippen LogP contribution in [0, 0.1) is 0 Å². The second-order valence-electron chi connectivity index (χ2n) is 7.97. The summed E-state index contributed by atoms with van der Waals surface area (Å²) < 4.78 is 15.6. The van der Waals surface area contributed by atoms with Gasteiger partial charge in [-0.1, -0.05) is 18.2 Å². The highest BCUT2D eigenvalue weighted by molar-refractivity contribution is 7.15. The molecule has 0 radical (unpaired) electrons. The number of hydrogen-bond donors (Lipinski definition) is 1. The number of nitrogens with one attached hydrogen (secondary N) is 1. The third-order valence-corrected chi connectivity index (χ3v) is 6.83. The largest absolute Gasteiger partial charge is 0.497 e. The van der Waals surface area contributed by atoms with Gasteiger partial charge in [0, 0.05) is 28.6 Å². The maximum absolute atomic E-state index is 12.7. The van der Waals surface area contributed by atoms with Crippen molar-refractivity contribution < 1.29 is 23.8 Å². The van der Waals surface area contributed by atoms with Crippen molar-refractivity contribution in [1.29, 1.82) is 0 Å². The predicted octanol–water partition coefficient (Wildman–Crippen LogP) is 5.75. The number of esters is 1. The average Bonchev–Trinajstić information content (AvgIpc) is 3.29. The van der Waals surface area contributed by atoms with Crippen LogP contribution in [0.25, 0.3) is 17.2 Å². The zero-order chi connectivity index (χ0) is 24.1. The standard InChI is InChI=1S/C27H27NO5S/c1-31-21-12-10-18(23(15-21)32-2)11-13-24(29)28-26-25(27(30)33-3)22(16-34-26)20-9-8-17-6-4-5-7-19(17)14-20/h8-16H,4-7H2,1-3H3,(H,28,29)/b13-11+. The second-order valence-corrected chi connectivity index (χ2v) is 8.85. The maximum Gasteiger partial charge on any atom is 0.341 e. The van der Waals surface area contributed by atoms with Crippen molar-refractivity contribution in [3.8, 4) is 22.6 Å². The van der Waals surface area contributed by atoms with Crippen molar-refractivity contribution in [3.63, 3.8) is 0 Å². The molecule has 6 nitrogen and oxygen atoms in total. The fraction of sp³-hybridized carbons (Fsp3) is 0.259. The SMILES string of the molecule is COC(=O)c1c(-c2ccc3c(c2)CCCC3)csc1NC(=O)/C=C/c1ccc(OC)cc1OC. The number of carbonyl (C=O) groups is 2. The van der Waals surface area contributed by atoms with Gasteiger partial charge < -0.3 is 19.5 Å². The molecule has 0 bridgehead atoms. The summed E-state index contributed by atoms with van der Waals surface area (Å²) in [6, 6.07) is 11.7. The van der Waals surface area contributed by atoms with Crippen molar-refractivity contribution in [2.45, 2.75) is 25.7 Å². The van der Waals surface area contributed by atoms with Gasteiger partial charge in [-0.3, -0.25) is 4.79 Å². The molecule has 3 aromatic rings. The van der Waals surface area contributed by atoms with E-state index in [-0.39, 0.29) is 5.91 Å². The molecule has 1 heterocycles. The van der Waals surface area contributed by atoms with E-state index in [4.69, 9.17) is 14.2 Å². The Hall–Kier alpha value is -3.58. The minimum Gasteiger partial charge on any atom is -0.497 e. The number of hydrogen-bond acceptors (Lipinski definition) is 6. The van der Waals surface area contributed by atoms with Crippen LogP contribution in [-0.4, -0.2) is 33.2 Å². The molecule has 0 aliphatic heterocycles. The first-order valence-corrected chi connectivity index (χ1v) is 11.9. The Balaban J connectivity index is 1.59. The number of methoxy groups -OCH3 is 3. The van der Waals surface area contributed by atoms with Crippen LogP contribution in [0.5, 0.6) is 11.5 Å². The van der Waals surface area contributed by atoms with E-state index in [0.29, 0.717) is 22.1 Å². The van der Waals surface area contributed by atoms with Crippen LogP contribution >= 0.6 is 11.3 Å². The lowest BCUT2D eigenvalue weighted by atomic mass is 9.89. The Morgan fingerprint density at radius 2 is 1.76 bits per heavy atom. The van der Waals surface area contributed by atoms with Crippen LogP contribution in [0.4, 0.5) is 5.00 Å². The summed E-state index contributed by atoms with van der Waals surface area (Å²) in [5.74, 6) is 0.408. The number of fused-ring (bicyclic) bond motifs is 1. The number of ether oxygens (including phenoxy) is 3. The number of amides is 1. The molecule has 34 heavy (non-hydrogen) atoms. The average molecular weight is 478 g/mol. The lowest BCUT2D eigenvalue weighted by Gasteiger charge is -2.16. The molecule has 1 aliphatic rings. The van der Waals surface area contributed by atoms with Gasteiger partial charge in [-0.2, -0.15) is 0 Å². The molecule has 7 heteroatoms. The summed E-state index contributed by atoms with van der Waals surface area (Å²) in [4.78, 5) is 25.4. The Morgan fingerprint density at radius 1 is 0.971 bits per heavy atom. The molecular formula is C27H27NO5S. The smallest absolute Gasteiger partial charge is 0.341 e. The van der Waals surface area contributed by atoms with E-state index in [1.807, 2.05) is 11.4 Å². The molecule has 1 aliphatic carbocycles. The normalized spacial score (nSPS) is 12.8. The summed E-state index contributed by atoms with van der Waals surface area (Å²) in [6.07, 6.45) is 7.59. The first-order chi connectivity index (χ1) is 16.5. The van der Waals surface area contributed by atoms with E-state index in [9.17, 15) is 9.59 Å². The second kappa shape index (κ2) is 10.6. The van der Waals surface area contributed by atoms with E-state index >= 15 is 0 Å². The fourth-order valence-electron chi connectivity index (χ4n) is 4.14. The van der Waals surface area contributed by atoms with Gasteiger partial charge in [-0.05, 0) is 60.6 Å². The Bertz CT molecular complexity index is 1240. The monoisotopic (exact) mass is 477 g/mol. The van der Waals surface area contributed by atoms with Crippen molar-refractivity contribution in [2.24, 2.45) is 0 Å². The minimum atomic E-state index is -0.481. The van der Waals surface area contributed by atoms with Crippen LogP contribution in [0.15, 0.2) is 47.9 Å². The molecule has 0 unspecified atom stereocenters. The summed E-state index contributed by atoms with van der Waals surface area (Å²) in [5.41, 5.74) is 5.52. The summed E-state index contributed by atoms with van der Waals surface area (Å²) in [7, 11) is 4.48. The molecule has 0 saturated heterocycles. The van der Waals surface area contributed by atoms with Gasteiger partial charge in [0.25, 0.3) is 0 Å². The maximum atomic E-state index is 12.7. The molecule has 2 aromatic carbocycles. The van der Waals surface area contributed by atoms with Crippen LogP contribution in [0.3, 0.4) is 0 Å². The first-order valence-electron chi connectivity index (χ1n) is 11.1. The highest BCUT2D eigenvalue weighted by atomic mass is 32.1. The van der Waals surface area contributed by atoms with Crippen molar-refractivity contribution in [2.75, 3.05) is 26.6 Å². The van der Waals surface area contributed by atoms with Gasteiger partial charge >= 0.3 is 5.97 Å². The molecule has 1 amide bonds. The molecule has 0 atom stereocenters. The molecule has 0 spiro atoms. The molecular weight excluding hydrogens is 450 g/mol. The van der Waals surface area contributed by atoms with E-state index in [0.717, 1.165) is 29.5 Å². The van der Waals surface area contributed by atoms with Crippen LogP contribution < -0.4 is 14.8 Å². The summed E-state index contributed by atoms with van der Waals surface area (Å²) in [5, 5.41) is 5.18. The highest BCUT2D eigenvalue weighted by Gasteiger charge is 2.23. The quantitative estimate of drug-likeness (QED) is 0.346. The van der Waals surface area contributed by atoms with Gasteiger partial charge in [0.15, 0.2) is 0 Å². The van der Waals surface area contributed by atoms with Crippen molar-refractivity contribution in [1.82, 2.24) is 0 Å². The van der Waals surface area contributed by atoms with Gasteiger partial charge in [0.2, 0.25) is 5.91 Å². The summed E-state index contributed by atoms with van der Waals surface area (Å²) in [6.45, 7) is 0. The van der Waals surface area contributed by atoms with Crippen LogP contribution in [-0.2, 0) is 22.4 Å². The van der Waals surface area contributed by atoms with Gasteiger partial charge in [0.05, 0.1) is 21.3 Å². The third kappa shape index (κ3) is 4.99. The number of benzene rings is 2. The van der Waals surface area contributed by atoms with Gasteiger partial charge in [-0.15, -0.1) is 11.3 Å². The number of carbonyl (C=O) groups excluding carboxylic acids is 2. The highest BCUT2D eigenvalue weighted by Crippen LogP contribution is 2.38.